The van der Waals surface area contributed by atoms with Crippen molar-refractivity contribution in [2.24, 2.45) is 0 Å². The Morgan fingerprint density at radius 3 is 1.90 bits per heavy atom. The molecule has 0 aliphatic carbocycles. The minimum Gasteiger partial charge on any atom is -0.508 e. The average Bonchev–Trinajstić information content (AvgIpc) is 2.48. The fourth-order valence-corrected chi connectivity index (χ4v) is 1.93. The SMILES string of the molecule is COc1ccc(C=O)cc1Cl.COc1ccc(O)cc1Cl. The summed E-state index contributed by atoms with van der Waals surface area (Å²) in [4.78, 5) is 10.3. The van der Waals surface area contributed by atoms with Crippen molar-refractivity contribution < 1.29 is 19.4 Å². The highest BCUT2D eigenvalue weighted by molar-refractivity contribution is 6.32. The molecule has 2 aromatic rings. The lowest BCUT2D eigenvalue weighted by Gasteiger charge is -2.01. The van der Waals surface area contributed by atoms with Gasteiger partial charge in [0.05, 0.1) is 24.3 Å². The van der Waals surface area contributed by atoms with Crippen molar-refractivity contribution in [3.05, 3.63) is 52.0 Å². The molecule has 0 atom stereocenters. The summed E-state index contributed by atoms with van der Waals surface area (Å²) in [6.45, 7) is 0. The van der Waals surface area contributed by atoms with Crippen LogP contribution in [0.25, 0.3) is 0 Å². The van der Waals surface area contributed by atoms with Crippen LogP contribution in [0.4, 0.5) is 0 Å². The van der Waals surface area contributed by atoms with Gasteiger partial charge in [-0.1, -0.05) is 23.2 Å². The lowest BCUT2D eigenvalue weighted by atomic mass is 10.2. The number of ether oxygens (including phenoxy) is 2. The van der Waals surface area contributed by atoms with E-state index in [1.54, 1.807) is 24.3 Å². The van der Waals surface area contributed by atoms with Crippen LogP contribution in [-0.4, -0.2) is 25.6 Å². The van der Waals surface area contributed by atoms with E-state index in [1.807, 2.05) is 0 Å². The molecule has 0 unspecified atom stereocenters. The van der Waals surface area contributed by atoms with E-state index in [0.29, 0.717) is 27.1 Å². The summed E-state index contributed by atoms with van der Waals surface area (Å²) in [5, 5.41) is 9.77. The van der Waals surface area contributed by atoms with Gasteiger partial charge in [0.25, 0.3) is 0 Å². The van der Waals surface area contributed by atoms with E-state index >= 15 is 0 Å². The molecule has 0 aromatic heterocycles. The molecule has 0 amide bonds. The maximum absolute atomic E-state index is 10.3. The minimum atomic E-state index is 0.144. The molecule has 0 radical (unpaired) electrons. The van der Waals surface area contributed by atoms with Gasteiger partial charge in [-0.3, -0.25) is 4.79 Å². The average molecular weight is 329 g/mol. The zero-order chi connectivity index (χ0) is 15.8. The van der Waals surface area contributed by atoms with Gasteiger partial charge in [0.2, 0.25) is 0 Å². The largest absolute Gasteiger partial charge is 0.508 e. The fourth-order valence-electron chi connectivity index (χ4n) is 1.41. The summed E-state index contributed by atoms with van der Waals surface area (Å²) in [5.74, 6) is 1.29. The molecule has 21 heavy (non-hydrogen) atoms. The molecule has 112 valence electrons. The van der Waals surface area contributed by atoms with Gasteiger partial charge in [-0.15, -0.1) is 0 Å². The Balaban J connectivity index is 0.000000211. The highest BCUT2D eigenvalue weighted by Crippen LogP contribution is 2.27. The number of carbonyl (C=O) groups is 1. The minimum absolute atomic E-state index is 0.144. The molecule has 0 fully saturated rings. The molecule has 0 bridgehead atoms. The van der Waals surface area contributed by atoms with Gasteiger partial charge >= 0.3 is 0 Å². The van der Waals surface area contributed by atoms with Crippen LogP contribution in [0.1, 0.15) is 10.4 Å². The van der Waals surface area contributed by atoms with Gasteiger partial charge in [-0.05, 0) is 30.3 Å². The standard InChI is InChI=1S/C8H7ClO2.C7H7ClO2/c1-11-8-3-2-6(5-10)4-7(8)9;1-10-7-3-2-5(9)4-6(7)8/h2-5H,1H3;2-4,9H,1H3. The second-order valence-corrected chi connectivity index (χ2v) is 4.65. The van der Waals surface area contributed by atoms with Crippen LogP contribution in [0, 0.1) is 0 Å². The normalized spacial score (nSPS) is 9.33. The number of halogens is 2. The molecule has 1 N–H and O–H groups in total. The number of hydrogen-bond acceptors (Lipinski definition) is 4. The zero-order valence-electron chi connectivity index (χ0n) is 11.5. The van der Waals surface area contributed by atoms with Crippen molar-refractivity contribution in [1.82, 2.24) is 0 Å². The third kappa shape index (κ3) is 5.17. The predicted octanol–water partition coefficient (Wildman–Crippen LogP) is 4.22. The Bertz CT molecular complexity index is 615. The molecule has 6 heteroatoms. The van der Waals surface area contributed by atoms with Crippen LogP contribution in [0.15, 0.2) is 36.4 Å². The number of phenols is 1. The second-order valence-electron chi connectivity index (χ2n) is 3.83. The molecule has 0 saturated heterocycles. The summed E-state index contributed by atoms with van der Waals surface area (Å²) in [6, 6.07) is 9.43. The number of aldehydes is 1. The molecule has 4 nitrogen and oxygen atoms in total. The van der Waals surface area contributed by atoms with Crippen molar-refractivity contribution >= 4 is 29.5 Å². The number of hydrogen-bond donors (Lipinski definition) is 1. The summed E-state index contributed by atoms with van der Waals surface area (Å²) in [5.41, 5.74) is 0.552. The van der Waals surface area contributed by atoms with Gasteiger partial charge in [0.15, 0.2) is 0 Å². The predicted molar refractivity (Wildman–Crippen MR) is 83.1 cm³/mol. The van der Waals surface area contributed by atoms with Crippen LogP contribution in [0.2, 0.25) is 10.0 Å². The third-order valence-corrected chi connectivity index (χ3v) is 3.04. The van der Waals surface area contributed by atoms with Crippen molar-refractivity contribution in [1.29, 1.82) is 0 Å². The molecular weight excluding hydrogens is 315 g/mol. The summed E-state index contributed by atoms with van der Waals surface area (Å²) >= 11 is 11.4. The van der Waals surface area contributed by atoms with E-state index in [9.17, 15) is 4.79 Å². The Morgan fingerprint density at radius 2 is 1.48 bits per heavy atom. The van der Waals surface area contributed by atoms with Crippen molar-refractivity contribution in [2.45, 2.75) is 0 Å². The van der Waals surface area contributed by atoms with Crippen molar-refractivity contribution in [3.63, 3.8) is 0 Å². The third-order valence-electron chi connectivity index (χ3n) is 2.45. The van der Waals surface area contributed by atoms with E-state index in [2.05, 4.69) is 0 Å². The van der Waals surface area contributed by atoms with Gasteiger partial charge in [0, 0.05) is 11.6 Å². The number of aromatic hydroxyl groups is 1. The lowest BCUT2D eigenvalue weighted by molar-refractivity contribution is 0.112. The second kappa shape index (κ2) is 8.39. The Labute approximate surface area is 132 Å². The fraction of sp³-hybridized carbons (Fsp3) is 0.133. The Kier molecular flexibility index (Phi) is 6.85. The summed E-state index contributed by atoms with van der Waals surface area (Å²) in [7, 11) is 3.06. The van der Waals surface area contributed by atoms with Crippen molar-refractivity contribution in [2.75, 3.05) is 14.2 Å². The van der Waals surface area contributed by atoms with Gasteiger partial charge in [0.1, 0.15) is 23.5 Å². The summed E-state index contributed by atoms with van der Waals surface area (Å²) in [6.07, 6.45) is 0.741. The highest BCUT2D eigenvalue weighted by atomic mass is 35.5. The molecule has 2 aromatic carbocycles. The molecule has 0 aliphatic rings. The highest BCUT2D eigenvalue weighted by Gasteiger charge is 2.00. The van der Waals surface area contributed by atoms with E-state index in [1.165, 1.54) is 26.4 Å². The Morgan fingerprint density at radius 1 is 0.952 bits per heavy atom. The topological polar surface area (TPSA) is 55.8 Å². The first-order valence-corrected chi connectivity index (χ1v) is 6.58. The molecule has 0 aliphatic heterocycles. The molecule has 2 rings (SSSR count). The first-order valence-electron chi connectivity index (χ1n) is 5.83. The molecular formula is C15H14Cl2O4. The first-order chi connectivity index (χ1) is 10.0. The van der Waals surface area contributed by atoms with E-state index in [-0.39, 0.29) is 5.75 Å². The lowest BCUT2D eigenvalue weighted by Crippen LogP contribution is -1.85. The first kappa shape index (κ1) is 17.1. The van der Waals surface area contributed by atoms with Gasteiger partial charge in [-0.2, -0.15) is 0 Å². The van der Waals surface area contributed by atoms with Crippen LogP contribution in [0.5, 0.6) is 17.2 Å². The zero-order valence-corrected chi connectivity index (χ0v) is 13.0. The smallest absolute Gasteiger partial charge is 0.150 e. The van der Waals surface area contributed by atoms with Crippen LogP contribution >= 0.6 is 23.2 Å². The van der Waals surface area contributed by atoms with E-state index in [4.69, 9.17) is 37.8 Å². The maximum atomic E-state index is 10.3. The van der Waals surface area contributed by atoms with Gasteiger partial charge < -0.3 is 14.6 Å². The van der Waals surface area contributed by atoms with Crippen LogP contribution in [0.3, 0.4) is 0 Å². The van der Waals surface area contributed by atoms with Crippen molar-refractivity contribution in [3.8, 4) is 17.2 Å². The van der Waals surface area contributed by atoms with Crippen LogP contribution < -0.4 is 9.47 Å². The van der Waals surface area contributed by atoms with E-state index in [0.717, 1.165) is 6.29 Å². The van der Waals surface area contributed by atoms with Gasteiger partial charge in [-0.25, -0.2) is 0 Å². The number of benzene rings is 2. The summed E-state index contributed by atoms with van der Waals surface area (Å²) < 4.78 is 9.75. The number of rotatable bonds is 3. The number of methoxy groups -OCH3 is 2. The monoisotopic (exact) mass is 328 g/mol. The number of phenolic OH excluding ortho intramolecular Hbond substituents is 1. The maximum Gasteiger partial charge on any atom is 0.150 e. The number of carbonyl (C=O) groups excluding carboxylic acids is 1. The quantitative estimate of drug-likeness (QED) is 0.857. The van der Waals surface area contributed by atoms with E-state index < -0.39 is 0 Å². The molecule has 0 heterocycles. The Hall–Kier alpha value is -1.91. The molecule has 0 spiro atoms. The molecule has 0 saturated carbocycles. The van der Waals surface area contributed by atoms with Crippen LogP contribution in [-0.2, 0) is 0 Å².